The van der Waals surface area contributed by atoms with Gasteiger partial charge in [-0.3, -0.25) is 33.5 Å². The molecule has 2 aromatic carbocycles. The first-order chi connectivity index (χ1) is 18.7. The number of para-hydroxylation sites is 1. The van der Waals surface area contributed by atoms with Crippen molar-refractivity contribution in [3.8, 4) is 11.5 Å². The van der Waals surface area contributed by atoms with E-state index in [1.807, 2.05) is 0 Å². The molecule has 2 rings (SSSR count). The molecular formula is C24H28N2O13S. The van der Waals surface area contributed by atoms with Crippen molar-refractivity contribution in [2.45, 2.75) is 17.0 Å². The minimum absolute atomic E-state index is 0.0963. The van der Waals surface area contributed by atoms with Crippen LogP contribution in [-0.4, -0.2) is 107 Å². The third kappa shape index (κ3) is 8.12. The largest absolute Gasteiger partial charge is 0.508 e. The van der Waals surface area contributed by atoms with Crippen LogP contribution in [0.2, 0.25) is 0 Å². The minimum atomic E-state index is -4.79. The van der Waals surface area contributed by atoms with Crippen LogP contribution >= 0.6 is 0 Å². The van der Waals surface area contributed by atoms with Gasteiger partial charge < -0.3 is 29.9 Å². The Labute approximate surface area is 228 Å². The van der Waals surface area contributed by atoms with Gasteiger partial charge in [-0.2, -0.15) is 8.42 Å². The van der Waals surface area contributed by atoms with Crippen molar-refractivity contribution in [1.29, 1.82) is 0 Å². The molecule has 0 fully saturated rings. The molecule has 2 aromatic rings. The number of hydrogen-bond donors (Lipinski definition) is 5. The van der Waals surface area contributed by atoms with Crippen molar-refractivity contribution in [2.75, 3.05) is 40.4 Å². The third-order valence-electron chi connectivity index (χ3n) is 5.80. The first-order valence-corrected chi connectivity index (χ1v) is 12.8. The Kier molecular flexibility index (Phi) is 10.9. The number of carbonyl (C=O) groups is 4. The molecule has 0 aliphatic heterocycles. The van der Waals surface area contributed by atoms with Crippen LogP contribution in [0.1, 0.15) is 23.2 Å². The van der Waals surface area contributed by atoms with Gasteiger partial charge in [-0.25, -0.2) is 0 Å². The number of hydrogen-bond acceptors (Lipinski definition) is 11. The van der Waals surface area contributed by atoms with E-state index in [4.69, 9.17) is 4.74 Å². The Hall–Kier alpha value is -4.25. The van der Waals surface area contributed by atoms with Crippen molar-refractivity contribution in [1.82, 2.24) is 9.80 Å². The van der Waals surface area contributed by atoms with Crippen molar-refractivity contribution in [3.63, 3.8) is 0 Å². The summed E-state index contributed by atoms with van der Waals surface area (Å²) in [6.07, 6.45) is 0. The third-order valence-corrected chi connectivity index (χ3v) is 6.65. The van der Waals surface area contributed by atoms with E-state index in [1.165, 1.54) is 24.3 Å². The Morgan fingerprint density at radius 1 is 0.850 bits per heavy atom. The zero-order chi connectivity index (χ0) is 30.2. The monoisotopic (exact) mass is 584 g/mol. The molecule has 0 amide bonds. The summed E-state index contributed by atoms with van der Waals surface area (Å²) in [5.74, 6) is -5.99. The predicted molar refractivity (Wildman–Crippen MR) is 134 cm³/mol. The Balaban J connectivity index is 2.60. The van der Waals surface area contributed by atoms with Crippen LogP contribution in [0.25, 0.3) is 0 Å². The number of ether oxygens (including phenoxy) is 2. The highest BCUT2D eigenvalue weighted by Gasteiger charge is 2.36. The molecular weight excluding hydrogens is 556 g/mol. The molecule has 5 N–H and O–H groups in total. The standard InChI is InChI=1S/C24H28N2O13S/c1-38-18-8-7-14(40(35,36)37)11-16(18)22(24(33)34)25(12-19(28)29)9-10-26(13-20(30)39-2)21(23(31)32)15-5-3-4-6-17(15)27/h3-8,11,21-22,27H,9-10,12-13H2,1-2H3,(H,28,29)(H,31,32)(H,33,34)(H,35,36,37)/t21-,22?/m0/s1. The SMILES string of the molecule is COC(=O)CN(CCN(CC(=O)O)C(C(=O)O)c1cc(S(=O)(=O)O)ccc1OC)[C@H](C(=O)O)c1ccccc1O. The van der Waals surface area contributed by atoms with Crippen LogP contribution < -0.4 is 4.74 Å². The number of aromatic hydroxyl groups is 1. The first-order valence-electron chi connectivity index (χ1n) is 11.4. The summed E-state index contributed by atoms with van der Waals surface area (Å²) in [6, 6.07) is 4.79. The van der Waals surface area contributed by atoms with Crippen molar-refractivity contribution in [3.05, 3.63) is 53.6 Å². The quantitative estimate of drug-likeness (QED) is 0.141. The van der Waals surface area contributed by atoms with Gasteiger partial charge >= 0.3 is 23.9 Å². The van der Waals surface area contributed by atoms with Gasteiger partial charge in [0.25, 0.3) is 10.1 Å². The number of carbonyl (C=O) groups excluding carboxylic acids is 1. The predicted octanol–water partition coefficient (Wildman–Crippen LogP) is 0.461. The second kappa shape index (κ2) is 13.7. The second-order valence-electron chi connectivity index (χ2n) is 8.33. The van der Waals surface area contributed by atoms with E-state index in [-0.39, 0.29) is 16.9 Å². The van der Waals surface area contributed by atoms with Crippen LogP contribution in [-0.2, 0) is 34.0 Å². The number of esters is 1. The lowest BCUT2D eigenvalue weighted by molar-refractivity contribution is -0.151. The number of benzene rings is 2. The number of carboxylic acids is 3. The van der Waals surface area contributed by atoms with Crippen LogP contribution in [0.15, 0.2) is 47.4 Å². The lowest BCUT2D eigenvalue weighted by Gasteiger charge is -2.33. The van der Waals surface area contributed by atoms with Gasteiger partial charge in [-0.15, -0.1) is 0 Å². The maximum Gasteiger partial charge on any atom is 0.325 e. The number of nitrogens with zero attached hydrogens (tertiary/aromatic N) is 2. The highest BCUT2D eigenvalue weighted by Crippen LogP contribution is 2.33. The van der Waals surface area contributed by atoms with Crippen molar-refractivity contribution in [2.24, 2.45) is 0 Å². The summed E-state index contributed by atoms with van der Waals surface area (Å²) in [6.45, 7) is -2.48. The normalized spacial score (nSPS) is 13.0. The Morgan fingerprint density at radius 2 is 1.40 bits per heavy atom. The summed E-state index contributed by atoms with van der Waals surface area (Å²) in [4.78, 5) is 49.8. The molecule has 0 aliphatic carbocycles. The molecule has 0 saturated carbocycles. The topological polar surface area (TPSA) is 229 Å². The average Bonchev–Trinajstić information content (AvgIpc) is 2.86. The van der Waals surface area contributed by atoms with Gasteiger partial charge in [0.2, 0.25) is 0 Å². The zero-order valence-electron chi connectivity index (χ0n) is 21.3. The van der Waals surface area contributed by atoms with E-state index in [9.17, 15) is 52.6 Å². The number of aliphatic carboxylic acids is 3. The molecule has 15 nitrogen and oxygen atoms in total. The minimum Gasteiger partial charge on any atom is -0.508 e. The van der Waals surface area contributed by atoms with Gasteiger partial charge in [-0.05, 0) is 24.3 Å². The van der Waals surface area contributed by atoms with E-state index < -0.39 is 82.9 Å². The van der Waals surface area contributed by atoms with Gasteiger partial charge in [0, 0.05) is 24.2 Å². The van der Waals surface area contributed by atoms with Gasteiger partial charge in [0.1, 0.15) is 23.6 Å². The smallest absolute Gasteiger partial charge is 0.325 e. The summed E-state index contributed by atoms with van der Waals surface area (Å²) >= 11 is 0. The fourth-order valence-electron chi connectivity index (χ4n) is 4.04. The van der Waals surface area contributed by atoms with E-state index in [1.54, 1.807) is 0 Å². The lowest BCUT2D eigenvalue weighted by atomic mass is 10.0. The van der Waals surface area contributed by atoms with Crippen LogP contribution in [0, 0.1) is 0 Å². The number of phenols is 1. The Morgan fingerprint density at radius 3 is 1.88 bits per heavy atom. The van der Waals surface area contributed by atoms with Gasteiger partial charge in [-0.1, -0.05) is 18.2 Å². The van der Waals surface area contributed by atoms with Crippen LogP contribution in [0.4, 0.5) is 0 Å². The molecule has 0 bridgehead atoms. The number of phenolic OH excluding ortho intramolecular Hbond substituents is 1. The number of rotatable bonds is 15. The van der Waals surface area contributed by atoms with Crippen molar-refractivity contribution >= 4 is 34.0 Å². The maximum atomic E-state index is 12.4. The zero-order valence-corrected chi connectivity index (χ0v) is 22.1. The molecule has 1 unspecified atom stereocenters. The molecule has 2 atom stereocenters. The number of carboxylic acid groups (broad SMARTS) is 3. The lowest BCUT2D eigenvalue weighted by Crippen LogP contribution is -2.46. The molecule has 40 heavy (non-hydrogen) atoms. The maximum absolute atomic E-state index is 12.4. The van der Waals surface area contributed by atoms with E-state index in [0.717, 1.165) is 42.2 Å². The summed E-state index contributed by atoms with van der Waals surface area (Å²) < 4.78 is 42.7. The van der Waals surface area contributed by atoms with E-state index in [0.29, 0.717) is 0 Å². The second-order valence-corrected chi connectivity index (χ2v) is 9.75. The number of methoxy groups -OCH3 is 2. The van der Waals surface area contributed by atoms with Gasteiger partial charge in [0.15, 0.2) is 0 Å². The molecule has 0 radical (unpaired) electrons. The first kappa shape index (κ1) is 32.0. The Bertz CT molecular complexity index is 1360. The molecule has 0 aliphatic rings. The molecule has 0 aromatic heterocycles. The van der Waals surface area contributed by atoms with Gasteiger partial charge in [0.05, 0.1) is 32.2 Å². The van der Waals surface area contributed by atoms with Crippen LogP contribution in [0.5, 0.6) is 11.5 Å². The van der Waals surface area contributed by atoms with Crippen LogP contribution in [0.3, 0.4) is 0 Å². The molecule has 0 spiro atoms. The summed E-state index contributed by atoms with van der Waals surface area (Å²) in [7, 11) is -2.57. The molecule has 218 valence electrons. The molecule has 16 heteroatoms. The molecule has 0 saturated heterocycles. The van der Waals surface area contributed by atoms with E-state index in [2.05, 4.69) is 4.74 Å². The van der Waals surface area contributed by atoms with Crippen molar-refractivity contribution < 1.29 is 62.0 Å². The highest BCUT2D eigenvalue weighted by molar-refractivity contribution is 7.85. The summed E-state index contributed by atoms with van der Waals surface area (Å²) in [5.41, 5.74) is -0.414. The van der Waals surface area contributed by atoms with E-state index >= 15 is 0 Å². The fourth-order valence-corrected chi connectivity index (χ4v) is 4.55. The summed E-state index contributed by atoms with van der Waals surface area (Å²) in [5, 5.41) is 39.8. The highest BCUT2D eigenvalue weighted by atomic mass is 32.2. The molecule has 0 heterocycles. The fraction of sp³-hybridized carbons (Fsp3) is 0.333. The average molecular weight is 585 g/mol.